The van der Waals surface area contributed by atoms with Gasteiger partial charge in [0.2, 0.25) is 5.89 Å². The van der Waals surface area contributed by atoms with E-state index in [-0.39, 0.29) is 5.54 Å². The van der Waals surface area contributed by atoms with Crippen molar-refractivity contribution in [2.24, 2.45) is 11.7 Å². The second kappa shape index (κ2) is 4.53. The van der Waals surface area contributed by atoms with Gasteiger partial charge in [-0.2, -0.15) is 4.98 Å². The molecule has 0 saturated heterocycles. The maximum Gasteiger partial charge on any atom is 0.226 e. The minimum Gasteiger partial charge on any atom is -0.339 e. The van der Waals surface area contributed by atoms with Crippen LogP contribution in [0.1, 0.15) is 57.7 Å². The van der Waals surface area contributed by atoms with Crippen LogP contribution in [0.4, 0.5) is 0 Å². The third kappa shape index (κ3) is 1.86. The van der Waals surface area contributed by atoms with Crippen LogP contribution in [-0.4, -0.2) is 10.1 Å². The van der Waals surface area contributed by atoms with Gasteiger partial charge in [-0.15, -0.1) is 0 Å². The zero-order chi connectivity index (χ0) is 11.6. The first-order valence-electron chi connectivity index (χ1n) is 6.32. The fourth-order valence-electron chi connectivity index (χ4n) is 2.72. The van der Waals surface area contributed by atoms with Gasteiger partial charge < -0.3 is 10.3 Å². The Bertz CT molecular complexity index is 350. The SMILES string of the molecule is CCCc1nc(C2(N)CCCC2CC)no1. The first-order valence-corrected chi connectivity index (χ1v) is 6.32. The molecule has 1 heterocycles. The Morgan fingerprint density at radius 1 is 1.50 bits per heavy atom. The van der Waals surface area contributed by atoms with Gasteiger partial charge in [-0.25, -0.2) is 0 Å². The van der Waals surface area contributed by atoms with E-state index in [0.717, 1.165) is 37.4 Å². The van der Waals surface area contributed by atoms with E-state index in [1.807, 2.05) is 0 Å². The summed E-state index contributed by atoms with van der Waals surface area (Å²) in [5, 5.41) is 4.08. The largest absolute Gasteiger partial charge is 0.339 e. The molecule has 2 unspecified atom stereocenters. The maximum atomic E-state index is 6.46. The van der Waals surface area contributed by atoms with Gasteiger partial charge in [0.15, 0.2) is 5.82 Å². The minimum absolute atomic E-state index is 0.343. The van der Waals surface area contributed by atoms with E-state index in [1.54, 1.807) is 0 Å². The topological polar surface area (TPSA) is 64.9 Å². The fraction of sp³-hybridized carbons (Fsp3) is 0.833. The van der Waals surface area contributed by atoms with E-state index in [9.17, 15) is 0 Å². The van der Waals surface area contributed by atoms with Crippen LogP contribution in [0.3, 0.4) is 0 Å². The summed E-state index contributed by atoms with van der Waals surface area (Å²) in [7, 11) is 0. The van der Waals surface area contributed by atoms with Crippen LogP contribution in [-0.2, 0) is 12.0 Å². The number of rotatable bonds is 4. The van der Waals surface area contributed by atoms with Gasteiger partial charge in [0.25, 0.3) is 0 Å². The molecule has 1 aliphatic rings. The molecule has 1 saturated carbocycles. The van der Waals surface area contributed by atoms with Crippen molar-refractivity contribution in [1.82, 2.24) is 10.1 Å². The second-order valence-electron chi connectivity index (χ2n) is 4.80. The van der Waals surface area contributed by atoms with Crippen LogP contribution in [0.5, 0.6) is 0 Å². The fourth-order valence-corrected chi connectivity index (χ4v) is 2.72. The average Bonchev–Trinajstić information content (AvgIpc) is 2.86. The van der Waals surface area contributed by atoms with E-state index in [2.05, 4.69) is 24.0 Å². The van der Waals surface area contributed by atoms with Crippen LogP contribution < -0.4 is 5.73 Å². The van der Waals surface area contributed by atoms with E-state index in [4.69, 9.17) is 10.3 Å². The Morgan fingerprint density at radius 2 is 2.31 bits per heavy atom. The highest BCUT2D eigenvalue weighted by Gasteiger charge is 2.43. The first-order chi connectivity index (χ1) is 7.70. The van der Waals surface area contributed by atoms with Crippen molar-refractivity contribution < 1.29 is 4.52 Å². The van der Waals surface area contributed by atoms with Crippen molar-refractivity contribution in [2.45, 2.75) is 57.9 Å². The predicted octanol–water partition coefficient (Wildman–Crippen LogP) is 2.39. The summed E-state index contributed by atoms with van der Waals surface area (Å²) >= 11 is 0. The van der Waals surface area contributed by atoms with Crippen molar-refractivity contribution in [3.8, 4) is 0 Å². The molecule has 0 bridgehead atoms. The Morgan fingerprint density at radius 3 is 3.00 bits per heavy atom. The third-order valence-corrected chi connectivity index (χ3v) is 3.71. The van der Waals surface area contributed by atoms with E-state index in [1.165, 1.54) is 12.8 Å². The maximum absolute atomic E-state index is 6.46. The van der Waals surface area contributed by atoms with E-state index in [0.29, 0.717) is 5.92 Å². The molecule has 0 aromatic carbocycles. The Balaban J connectivity index is 2.21. The van der Waals surface area contributed by atoms with Crippen molar-refractivity contribution in [3.05, 3.63) is 11.7 Å². The lowest BCUT2D eigenvalue weighted by Gasteiger charge is -2.26. The highest BCUT2D eigenvalue weighted by atomic mass is 16.5. The minimum atomic E-state index is -0.343. The summed E-state index contributed by atoms with van der Waals surface area (Å²) in [6.45, 7) is 4.29. The number of aryl methyl sites for hydroxylation is 1. The lowest BCUT2D eigenvalue weighted by atomic mass is 9.85. The van der Waals surface area contributed by atoms with Gasteiger partial charge in [0.05, 0.1) is 5.54 Å². The van der Waals surface area contributed by atoms with Crippen molar-refractivity contribution in [2.75, 3.05) is 0 Å². The van der Waals surface area contributed by atoms with Crippen molar-refractivity contribution in [1.29, 1.82) is 0 Å². The number of hydrogen-bond donors (Lipinski definition) is 1. The molecule has 0 radical (unpaired) electrons. The van der Waals surface area contributed by atoms with Crippen LogP contribution in [0.2, 0.25) is 0 Å². The lowest BCUT2D eigenvalue weighted by molar-refractivity contribution is 0.282. The molecule has 2 N–H and O–H groups in total. The van der Waals surface area contributed by atoms with Gasteiger partial charge >= 0.3 is 0 Å². The molecule has 1 aromatic rings. The molecule has 4 nitrogen and oxygen atoms in total. The first kappa shape index (κ1) is 11.6. The van der Waals surface area contributed by atoms with E-state index >= 15 is 0 Å². The van der Waals surface area contributed by atoms with Crippen LogP contribution >= 0.6 is 0 Å². The lowest BCUT2D eigenvalue weighted by Crippen LogP contribution is -2.41. The standard InChI is InChI=1S/C12H21N3O/c1-3-6-10-14-11(15-16-10)12(13)8-5-7-9(12)4-2/h9H,3-8,13H2,1-2H3. The number of nitrogens with zero attached hydrogens (tertiary/aromatic N) is 2. The molecule has 2 rings (SSSR count). The summed E-state index contributed by atoms with van der Waals surface area (Å²) in [5.41, 5.74) is 6.12. The highest BCUT2D eigenvalue weighted by molar-refractivity contribution is 5.09. The summed E-state index contributed by atoms with van der Waals surface area (Å²) in [6, 6.07) is 0. The average molecular weight is 223 g/mol. The quantitative estimate of drug-likeness (QED) is 0.851. The molecule has 0 aliphatic heterocycles. The van der Waals surface area contributed by atoms with Gasteiger partial charge in [0.1, 0.15) is 0 Å². The molecule has 2 atom stereocenters. The molecule has 1 aliphatic carbocycles. The van der Waals surface area contributed by atoms with Crippen molar-refractivity contribution >= 4 is 0 Å². The molecular formula is C12H21N3O. The summed E-state index contributed by atoms with van der Waals surface area (Å²) in [5.74, 6) is 1.95. The normalized spacial score (nSPS) is 29.8. The molecule has 4 heteroatoms. The zero-order valence-electron chi connectivity index (χ0n) is 10.2. The predicted molar refractivity (Wildman–Crippen MR) is 61.8 cm³/mol. The smallest absolute Gasteiger partial charge is 0.226 e. The van der Waals surface area contributed by atoms with Crippen LogP contribution in [0.25, 0.3) is 0 Å². The second-order valence-corrected chi connectivity index (χ2v) is 4.80. The van der Waals surface area contributed by atoms with Crippen LogP contribution in [0.15, 0.2) is 4.52 Å². The molecule has 1 fully saturated rings. The molecular weight excluding hydrogens is 202 g/mol. The van der Waals surface area contributed by atoms with Crippen LogP contribution in [0, 0.1) is 5.92 Å². The number of nitrogens with two attached hydrogens (primary N) is 1. The monoisotopic (exact) mass is 223 g/mol. The number of hydrogen-bond acceptors (Lipinski definition) is 4. The summed E-state index contributed by atoms with van der Waals surface area (Å²) < 4.78 is 5.23. The van der Waals surface area contributed by atoms with Crippen molar-refractivity contribution in [3.63, 3.8) is 0 Å². The van der Waals surface area contributed by atoms with Gasteiger partial charge in [-0.3, -0.25) is 0 Å². The number of aromatic nitrogens is 2. The molecule has 1 aromatic heterocycles. The Hall–Kier alpha value is -0.900. The Labute approximate surface area is 96.6 Å². The van der Waals surface area contributed by atoms with E-state index < -0.39 is 0 Å². The molecule has 0 amide bonds. The zero-order valence-corrected chi connectivity index (χ0v) is 10.2. The van der Waals surface area contributed by atoms with Gasteiger partial charge in [-0.1, -0.05) is 31.8 Å². The molecule has 0 spiro atoms. The summed E-state index contributed by atoms with van der Waals surface area (Å²) in [6.07, 6.45) is 6.30. The Kier molecular flexibility index (Phi) is 3.28. The molecule has 16 heavy (non-hydrogen) atoms. The highest BCUT2D eigenvalue weighted by Crippen LogP contribution is 2.41. The molecule has 90 valence electrons. The van der Waals surface area contributed by atoms with Gasteiger partial charge in [0, 0.05) is 6.42 Å². The third-order valence-electron chi connectivity index (χ3n) is 3.71. The van der Waals surface area contributed by atoms with Gasteiger partial charge in [-0.05, 0) is 25.2 Å². The summed E-state index contributed by atoms with van der Waals surface area (Å²) in [4.78, 5) is 4.45.